The lowest BCUT2D eigenvalue weighted by Gasteiger charge is -2.32. The van der Waals surface area contributed by atoms with Crippen LogP contribution in [0.3, 0.4) is 0 Å². The Hall–Kier alpha value is -3.23. The van der Waals surface area contributed by atoms with Crippen molar-refractivity contribution in [1.82, 2.24) is 24.1 Å². The zero-order chi connectivity index (χ0) is 21.5. The number of likely N-dealkylation sites (N-methyl/N-ethyl adjacent to an activating group) is 1. The number of nitrogens with zero attached hydrogens (tertiary/aromatic N) is 5. The monoisotopic (exact) mass is 421 g/mol. The molecule has 1 aromatic carbocycles. The normalized spacial score (nSPS) is 15.8. The molecule has 4 aromatic rings. The van der Waals surface area contributed by atoms with Gasteiger partial charge in [-0.05, 0) is 36.4 Å². The second kappa shape index (κ2) is 7.79. The Balaban J connectivity index is 1.63. The summed E-state index contributed by atoms with van der Waals surface area (Å²) in [7, 11) is 2.13. The molecule has 0 amide bonds. The molecule has 7 nitrogen and oxygen atoms in total. The maximum Gasteiger partial charge on any atom is 0.309 e. The predicted molar refractivity (Wildman–Crippen MR) is 117 cm³/mol. The lowest BCUT2D eigenvalue weighted by molar-refractivity contribution is 0.148. The zero-order valence-corrected chi connectivity index (χ0v) is 17.3. The van der Waals surface area contributed by atoms with E-state index in [4.69, 9.17) is 0 Å². The van der Waals surface area contributed by atoms with Gasteiger partial charge in [-0.25, -0.2) is 9.37 Å². The molecule has 160 valence electrons. The van der Waals surface area contributed by atoms with Crippen LogP contribution >= 0.6 is 0 Å². The van der Waals surface area contributed by atoms with Crippen LogP contribution in [0.5, 0.6) is 0 Å². The van der Waals surface area contributed by atoms with Gasteiger partial charge >= 0.3 is 5.56 Å². The van der Waals surface area contributed by atoms with Crippen molar-refractivity contribution in [3.63, 3.8) is 0 Å². The summed E-state index contributed by atoms with van der Waals surface area (Å²) in [5.41, 5.74) is 2.73. The van der Waals surface area contributed by atoms with Gasteiger partial charge in [0.15, 0.2) is 0 Å². The van der Waals surface area contributed by atoms with Gasteiger partial charge in [0, 0.05) is 62.4 Å². The van der Waals surface area contributed by atoms with Crippen LogP contribution in [-0.2, 0) is 13.1 Å². The topological polar surface area (TPSA) is 66.5 Å². The van der Waals surface area contributed by atoms with E-state index in [1.165, 1.54) is 18.3 Å². The summed E-state index contributed by atoms with van der Waals surface area (Å²) < 4.78 is 16.0. The van der Waals surface area contributed by atoms with E-state index >= 15 is 0 Å². The highest BCUT2D eigenvalue weighted by atomic mass is 19.1. The van der Waals surface area contributed by atoms with Gasteiger partial charge in [-0.15, -0.1) is 0 Å². The molecule has 1 fully saturated rings. The summed E-state index contributed by atoms with van der Waals surface area (Å²) >= 11 is 0. The zero-order valence-electron chi connectivity index (χ0n) is 17.3. The summed E-state index contributed by atoms with van der Waals surface area (Å²) in [5.74, 6) is -0.259. The molecule has 1 N–H and O–H groups in total. The van der Waals surface area contributed by atoms with E-state index in [1.807, 2.05) is 0 Å². The molecule has 4 heterocycles. The Morgan fingerprint density at radius 3 is 2.55 bits per heavy atom. The smallest absolute Gasteiger partial charge is 0.309 e. The first-order valence-corrected chi connectivity index (χ1v) is 10.4. The standard InChI is InChI=1S/C23H24FN5O2/c1-26-8-10-27(11-9-26)14-17-15-28(13-16-2-4-18(24)5-3-16)20-12-25-22-19(21(17)20)6-7-29(31)23(22)30/h2-7,12,15,31H,8-11,13-14H2,1H3. The van der Waals surface area contributed by atoms with Gasteiger partial charge in [0.05, 0.1) is 11.7 Å². The van der Waals surface area contributed by atoms with Gasteiger partial charge in [-0.2, -0.15) is 4.73 Å². The molecule has 0 spiro atoms. The Labute approximate surface area is 178 Å². The molecule has 1 saturated heterocycles. The van der Waals surface area contributed by atoms with Gasteiger partial charge < -0.3 is 14.7 Å². The van der Waals surface area contributed by atoms with Crippen LogP contribution in [0.25, 0.3) is 21.8 Å². The molecule has 0 saturated carbocycles. The van der Waals surface area contributed by atoms with Gasteiger partial charge in [0.25, 0.3) is 0 Å². The molecular weight excluding hydrogens is 397 g/mol. The summed E-state index contributed by atoms with van der Waals surface area (Å²) in [5, 5.41) is 11.5. The van der Waals surface area contributed by atoms with Gasteiger partial charge in [0.1, 0.15) is 11.3 Å². The molecule has 0 radical (unpaired) electrons. The lowest BCUT2D eigenvalue weighted by atomic mass is 10.1. The quantitative estimate of drug-likeness (QED) is 0.513. The fourth-order valence-corrected chi connectivity index (χ4v) is 4.33. The van der Waals surface area contributed by atoms with E-state index in [-0.39, 0.29) is 11.3 Å². The molecule has 0 unspecified atom stereocenters. The van der Waals surface area contributed by atoms with E-state index < -0.39 is 5.56 Å². The van der Waals surface area contributed by atoms with Crippen LogP contribution in [0.15, 0.2) is 53.7 Å². The van der Waals surface area contributed by atoms with Gasteiger partial charge in [-0.1, -0.05) is 12.1 Å². The first kappa shape index (κ1) is 19.7. The van der Waals surface area contributed by atoms with Crippen molar-refractivity contribution >= 4 is 21.8 Å². The van der Waals surface area contributed by atoms with E-state index in [0.29, 0.717) is 11.3 Å². The molecule has 5 rings (SSSR count). The minimum absolute atomic E-state index is 0.247. The van der Waals surface area contributed by atoms with Crippen LogP contribution < -0.4 is 5.56 Å². The van der Waals surface area contributed by atoms with Crippen LogP contribution in [0.2, 0.25) is 0 Å². The van der Waals surface area contributed by atoms with Gasteiger partial charge in [0.2, 0.25) is 0 Å². The summed E-state index contributed by atoms with van der Waals surface area (Å²) in [6.45, 7) is 5.34. The Morgan fingerprint density at radius 1 is 1.06 bits per heavy atom. The predicted octanol–water partition coefficient (Wildman–Crippen LogP) is 2.52. The highest BCUT2D eigenvalue weighted by molar-refractivity contribution is 6.06. The first-order chi connectivity index (χ1) is 15.0. The van der Waals surface area contributed by atoms with Crippen LogP contribution in [0.1, 0.15) is 11.1 Å². The van der Waals surface area contributed by atoms with Crippen molar-refractivity contribution < 1.29 is 9.60 Å². The Kier molecular flexibility index (Phi) is 4.95. The fraction of sp³-hybridized carbons (Fsp3) is 0.304. The van der Waals surface area contributed by atoms with Crippen LogP contribution in [0.4, 0.5) is 4.39 Å². The average Bonchev–Trinajstić information content (AvgIpc) is 3.11. The third kappa shape index (κ3) is 3.68. The van der Waals surface area contributed by atoms with Crippen molar-refractivity contribution in [2.24, 2.45) is 0 Å². The maximum absolute atomic E-state index is 13.3. The van der Waals surface area contributed by atoms with Gasteiger partial charge in [-0.3, -0.25) is 9.69 Å². The number of aromatic nitrogens is 3. The minimum Gasteiger partial charge on any atom is -0.425 e. The van der Waals surface area contributed by atoms with Crippen LogP contribution in [-0.4, -0.2) is 62.5 Å². The third-order valence-electron chi connectivity index (χ3n) is 6.09. The number of benzene rings is 1. The molecule has 3 aromatic heterocycles. The van der Waals surface area contributed by atoms with E-state index in [9.17, 15) is 14.4 Å². The number of hydrogen-bond donors (Lipinski definition) is 1. The van der Waals surface area contributed by atoms with E-state index in [1.54, 1.807) is 24.4 Å². The third-order valence-corrected chi connectivity index (χ3v) is 6.09. The Morgan fingerprint density at radius 2 is 1.81 bits per heavy atom. The molecule has 31 heavy (non-hydrogen) atoms. The number of halogens is 1. The van der Waals surface area contributed by atoms with Crippen molar-refractivity contribution in [2.45, 2.75) is 13.1 Å². The number of piperazine rings is 1. The summed E-state index contributed by atoms with van der Waals surface area (Å²) in [6.07, 6.45) is 5.16. The maximum atomic E-state index is 13.3. The molecule has 1 aliphatic rings. The first-order valence-electron chi connectivity index (χ1n) is 10.4. The molecular formula is C23H24FN5O2. The highest BCUT2D eigenvalue weighted by Gasteiger charge is 2.19. The molecule has 1 aliphatic heterocycles. The summed E-state index contributed by atoms with van der Waals surface area (Å²) in [4.78, 5) is 21.5. The molecule has 0 bridgehead atoms. The van der Waals surface area contributed by atoms with E-state index in [0.717, 1.165) is 60.1 Å². The van der Waals surface area contributed by atoms with Crippen molar-refractivity contribution in [2.75, 3.05) is 33.2 Å². The van der Waals surface area contributed by atoms with E-state index in [2.05, 4.69) is 32.6 Å². The highest BCUT2D eigenvalue weighted by Crippen LogP contribution is 2.29. The number of pyridine rings is 2. The Bertz CT molecular complexity index is 1300. The van der Waals surface area contributed by atoms with Crippen LogP contribution in [0, 0.1) is 5.82 Å². The summed E-state index contributed by atoms with van der Waals surface area (Å²) in [6, 6.07) is 8.22. The number of fused-ring (bicyclic) bond motifs is 3. The number of hydrogen-bond acceptors (Lipinski definition) is 5. The second-order valence-corrected chi connectivity index (χ2v) is 8.23. The SMILES string of the molecule is CN1CCN(Cc2cn(Cc3ccc(F)cc3)c3cnc4c(=O)n(O)ccc4c23)CC1. The molecule has 0 aliphatic carbocycles. The fourth-order valence-electron chi connectivity index (χ4n) is 4.33. The largest absolute Gasteiger partial charge is 0.425 e. The van der Waals surface area contributed by atoms with Crippen molar-refractivity contribution in [3.05, 3.63) is 76.2 Å². The average molecular weight is 421 g/mol. The molecule has 0 atom stereocenters. The van der Waals surface area contributed by atoms with Crippen molar-refractivity contribution in [3.8, 4) is 0 Å². The lowest BCUT2D eigenvalue weighted by Crippen LogP contribution is -2.43. The minimum atomic E-state index is -0.531. The molecule has 8 heteroatoms. The number of rotatable bonds is 4. The van der Waals surface area contributed by atoms with Crippen molar-refractivity contribution in [1.29, 1.82) is 0 Å². The second-order valence-electron chi connectivity index (χ2n) is 8.23.